The van der Waals surface area contributed by atoms with Crippen molar-refractivity contribution in [2.45, 2.75) is 8.95 Å². The van der Waals surface area contributed by atoms with E-state index in [9.17, 15) is 8.78 Å². The zero-order valence-electron chi connectivity index (χ0n) is 9.18. The van der Waals surface area contributed by atoms with Crippen LogP contribution in [0.15, 0.2) is 23.5 Å². The van der Waals surface area contributed by atoms with Crippen LogP contribution in [0.25, 0.3) is 5.69 Å². The van der Waals surface area contributed by atoms with Crippen LogP contribution in [0.2, 0.25) is 15.2 Å². The number of hydrogen-bond acceptors (Lipinski definition) is 2. The first-order valence-electron chi connectivity index (χ1n) is 4.82. The standard InChI is InChI=1S/C10H3Cl5F2N2S/c11-5-1-4(16)2-6(12)7(5)19-3-18-9(8(19)13)20-10(14,15)17/h1-3H. The van der Waals surface area contributed by atoms with Gasteiger partial charge in [0.2, 0.25) is 0 Å². The number of hydrogen-bond donors (Lipinski definition) is 0. The molecule has 108 valence electrons. The predicted octanol–water partition coefficient (Wildman–Crippen LogP) is 6.12. The lowest BCUT2D eigenvalue weighted by atomic mass is 10.3. The second-order valence-electron chi connectivity index (χ2n) is 3.48. The molecule has 1 aromatic heterocycles. The first kappa shape index (κ1) is 16.5. The fraction of sp³-hybridized carbons (Fsp3) is 0.100. The number of rotatable bonds is 3. The first-order valence-corrected chi connectivity index (χ1v) is 7.53. The van der Waals surface area contributed by atoms with Crippen LogP contribution in [0.4, 0.5) is 8.78 Å². The van der Waals surface area contributed by atoms with Gasteiger partial charge in [0.25, 0.3) is 0 Å². The SMILES string of the molecule is Fc1cc(Cl)c(-n2cnc(SC(F)(Cl)Cl)c2Cl)c(Cl)c1. The molecular formula is C10H3Cl5F2N2S. The molecule has 0 fully saturated rings. The molecule has 0 aliphatic heterocycles. The summed E-state index contributed by atoms with van der Waals surface area (Å²) < 4.78 is 25.0. The maximum absolute atomic E-state index is 13.2. The molecule has 0 spiro atoms. The van der Waals surface area contributed by atoms with Gasteiger partial charge in [0.15, 0.2) is 0 Å². The van der Waals surface area contributed by atoms with E-state index in [4.69, 9.17) is 58.0 Å². The maximum atomic E-state index is 13.2. The van der Waals surface area contributed by atoms with Crippen molar-refractivity contribution in [1.29, 1.82) is 0 Å². The molecule has 0 saturated carbocycles. The number of halogens is 7. The van der Waals surface area contributed by atoms with Crippen LogP contribution in [-0.2, 0) is 0 Å². The Bertz CT molecular complexity index is 633. The van der Waals surface area contributed by atoms with Crippen molar-refractivity contribution in [2.75, 3.05) is 0 Å². The molecule has 0 atom stereocenters. The van der Waals surface area contributed by atoms with E-state index in [1.165, 1.54) is 10.9 Å². The summed E-state index contributed by atoms with van der Waals surface area (Å²) in [5.74, 6) is -0.598. The van der Waals surface area contributed by atoms with Gasteiger partial charge in [-0.15, -0.1) is 0 Å². The lowest BCUT2D eigenvalue weighted by Crippen LogP contribution is -1.98. The fourth-order valence-corrected chi connectivity index (χ4v) is 3.29. The zero-order valence-corrected chi connectivity index (χ0v) is 13.8. The van der Waals surface area contributed by atoms with E-state index in [0.717, 1.165) is 12.1 Å². The van der Waals surface area contributed by atoms with Crippen LogP contribution >= 0.6 is 69.8 Å². The largest absolute Gasteiger partial charge is 0.310 e. The maximum Gasteiger partial charge on any atom is 0.310 e. The van der Waals surface area contributed by atoms with Crippen LogP contribution in [0, 0.1) is 5.82 Å². The highest BCUT2D eigenvalue weighted by Gasteiger charge is 2.28. The molecule has 1 heterocycles. The Balaban J connectivity index is 2.50. The molecule has 0 bridgehead atoms. The molecule has 0 saturated heterocycles. The lowest BCUT2D eigenvalue weighted by Gasteiger charge is -2.10. The topological polar surface area (TPSA) is 17.8 Å². The molecule has 1 aromatic carbocycles. The summed E-state index contributed by atoms with van der Waals surface area (Å²) in [6.07, 6.45) is 1.25. The smallest absolute Gasteiger partial charge is 0.286 e. The van der Waals surface area contributed by atoms with Gasteiger partial charge in [-0.2, -0.15) is 4.39 Å². The molecule has 0 amide bonds. The molecule has 2 nitrogen and oxygen atoms in total. The van der Waals surface area contributed by atoms with E-state index in [1.807, 2.05) is 0 Å². The van der Waals surface area contributed by atoms with Crippen molar-refractivity contribution in [1.82, 2.24) is 9.55 Å². The second-order valence-corrected chi connectivity index (χ2v) is 7.49. The van der Waals surface area contributed by atoms with E-state index < -0.39 is 9.74 Å². The predicted molar refractivity (Wildman–Crippen MR) is 80.0 cm³/mol. The van der Waals surface area contributed by atoms with Crippen LogP contribution in [-0.4, -0.2) is 13.5 Å². The minimum atomic E-state index is -2.58. The minimum Gasteiger partial charge on any atom is -0.286 e. The van der Waals surface area contributed by atoms with Crippen molar-refractivity contribution in [3.8, 4) is 5.69 Å². The Morgan fingerprint density at radius 2 is 1.70 bits per heavy atom. The van der Waals surface area contributed by atoms with Crippen LogP contribution in [0.1, 0.15) is 0 Å². The second kappa shape index (κ2) is 6.07. The number of benzene rings is 1. The third-order valence-electron chi connectivity index (χ3n) is 2.11. The van der Waals surface area contributed by atoms with Crippen LogP contribution < -0.4 is 0 Å². The summed E-state index contributed by atoms with van der Waals surface area (Å²) in [5.41, 5.74) is 0.215. The lowest BCUT2D eigenvalue weighted by molar-refractivity contribution is 0.515. The average molecular weight is 398 g/mol. The van der Waals surface area contributed by atoms with E-state index in [-0.39, 0.29) is 25.9 Å². The first-order chi connectivity index (χ1) is 9.19. The summed E-state index contributed by atoms with van der Waals surface area (Å²) in [7, 11) is 0. The third kappa shape index (κ3) is 3.64. The number of nitrogens with zero attached hydrogens (tertiary/aromatic N) is 2. The van der Waals surface area contributed by atoms with Crippen LogP contribution in [0.3, 0.4) is 0 Å². The molecule has 20 heavy (non-hydrogen) atoms. The summed E-state index contributed by atoms with van der Waals surface area (Å²) in [4.78, 5) is 3.86. The summed E-state index contributed by atoms with van der Waals surface area (Å²) in [6, 6.07) is 2.13. The van der Waals surface area contributed by atoms with E-state index in [1.54, 1.807) is 0 Å². The Morgan fingerprint density at radius 3 is 2.20 bits per heavy atom. The molecular weight excluding hydrogens is 395 g/mol. The molecule has 0 aliphatic rings. The number of imidazole rings is 1. The highest BCUT2D eigenvalue weighted by molar-refractivity contribution is 8.03. The van der Waals surface area contributed by atoms with Gasteiger partial charge in [-0.1, -0.05) is 58.0 Å². The third-order valence-corrected chi connectivity index (χ3v) is 4.35. The van der Waals surface area contributed by atoms with Gasteiger partial charge in [0.05, 0.1) is 15.7 Å². The van der Waals surface area contributed by atoms with Gasteiger partial charge in [0, 0.05) is 0 Å². The van der Waals surface area contributed by atoms with Crippen molar-refractivity contribution in [2.24, 2.45) is 0 Å². The molecule has 0 unspecified atom stereocenters. The van der Waals surface area contributed by atoms with Crippen LogP contribution in [0.5, 0.6) is 0 Å². The zero-order chi connectivity index (χ0) is 15.1. The molecule has 2 rings (SSSR count). The average Bonchev–Trinajstić information content (AvgIpc) is 2.58. The quantitative estimate of drug-likeness (QED) is 0.458. The number of alkyl halides is 3. The monoisotopic (exact) mass is 396 g/mol. The van der Waals surface area contributed by atoms with Gasteiger partial charge in [0.1, 0.15) is 22.3 Å². The normalized spacial score (nSPS) is 11.9. The Hall–Kier alpha value is 0.0900. The summed E-state index contributed by atoms with van der Waals surface area (Å²) in [6.45, 7) is 0. The van der Waals surface area contributed by atoms with Crippen molar-refractivity contribution in [3.05, 3.63) is 39.5 Å². The Labute approximate surface area is 141 Å². The number of aromatic nitrogens is 2. The highest BCUT2D eigenvalue weighted by atomic mass is 35.5. The molecule has 0 N–H and O–H groups in total. The van der Waals surface area contributed by atoms with Crippen molar-refractivity contribution < 1.29 is 8.78 Å². The van der Waals surface area contributed by atoms with Gasteiger partial charge >= 0.3 is 3.92 Å². The summed E-state index contributed by atoms with van der Waals surface area (Å²) in [5, 5.41) is 0.0765. The minimum absolute atomic E-state index is 0.00580. The van der Waals surface area contributed by atoms with E-state index in [2.05, 4.69) is 4.98 Å². The molecule has 0 aliphatic carbocycles. The van der Waals surface area contributed by atoms with Gasteiger partial charge in [-0.3, -0.25) is 4.57 Å². The molecule has 10 heteroatoms. The Kier molecular flexibility index (Phi) is 4.99. The molecule has 2 aromatic rings. The van der Waals surface area contributed by atoms with Gasteiger partial charge < -0.3 is 0 Å². The fourth-order valence-electron chi connectivity index (χ4n) is 1.42. The Morgan fingerprint density at radius 1 is 1.15 bits per heavy atom. The van der Waals surface area contributed by atoms with Crippen molar-refractivity contribution >= 4 is 69.8 Å². The number of thioether (sulfide) groups is 1. The van der Waals surface area contributed by atoms with Gasteiger partial charge in [-0.25, -0.2) is 9.37 Å². The molecule has 0 radical (unpaired) electrons. The summed E-state index contributed by atoms with van der Waals surface area (Å²) >= 11 is 28.7. The highest BCUT2D eigenvalue weighted by Crippen LogP contribution is 2.44. The van der Waals surface area contributed by atoms with E-state index >= 15 is 0 Å². The van der Waals surface area contributed by atoms with E-state index in [0.29, 0.717) is 11.8 Å². The van der Waals surface area contributed by atoms with Crippen molar-refractivity contribution in [3.63, 3.8) is 0 Å². The van der Waals surface area contributed by atoms with Gasteiger partial charge in [-0.05, 0) is 23.9 Å².